The number of rotatable bonds is 1. The van der Waals surface area contributed by atoms with Crippen molar-refractivity contribution < 1.29 is 4.21 Å². The van der Waals surface area contributed by atoms with Gasteiger partial charge in [0.25, 0.3) is 0 Å². The van der Waals surface area contributed by atoms with E-state index in [1.54, 1.807) is 0 Å². The first-order valence-electron chi connectivity index (χ1n) is 4.50. The van der Waals surface area contributed by atoms with Gasteiger partial charge in [0, 0.05) is 16.7 Å². The molecule has 0 saturated carbocycles. The van der Waals surface area contributed by atoms with E-state index >= 15 is 0 Å². The molecule has 2 rings (SSSR count). The quantitative estimate of drug-likeness (QED) is 0.676. The third-order valence-electron chi connectivity index (χ3n) is 2.45. The van der Waals surface area contributed by atoms with Crippen LogP contribution in [-0.2, 0) is 9.73 Å². The molecule has 1 aliphatic heterocycles. The normalized spacial score (nSPS) is 32.8. The zero-order chi connectivity index (χ0) is 9.31. The Hall–Kier alpha value is -0.830. The molecule has 0 radical (unpaired) electrons. The average Bonchev–Trinajstić information content (AvgIpc) is 2.50. The van der Waals surface area contributed by atoms with Crippen LogP contribution >= 0.6 is 0 Å². The van der Waals surface area contributed by atoms with Crippen LogP contribution in [0.4, 0.5) is 0 Å². The lowest BCUT2D eigenvalue weighted by Gasteiger charge is -2.09. The van der Waals surface area contributed by atoms with E-state index in [1.807, 2.05) is 37.3 Å². The Morgan fingerprint density at radius 3 is 2.62 bits per heavy atom. The molecule has 1 aromatic rings. The average molecular weight is 195 g/mol. The van der Waals surface area contributed by atoms with Crippen molar-refractivity contribution >= 4 is 9.73 Å². The van der Waals surface area contributed by atoms with Crippen LogP contribution in [0.5, 0.6) is 0 Å². The molecule has 1 aliphatic rings. The molecule has 2 atom stereocenters. The first-order chi connectivity index (χ1) is 6.23. The molecule has 3 heteroatoms. The van der Waals surface area contributed by atoms with E-state index in [-0.39, 0.29) is 5.25 Å². The number of benzene rings is 1. The van der Waals surface area contributed by atoms with Gasteiger partial charge < -0.3 is 0 Å². The fraction of sp³-hybridized carbons (Fsp3) is 0.400. The minimum atomic E-state index is -2.09. The summed E-state index contributed by atoms with van der Waals surface area (Å²) in [6.07, 6.45) is 0.952. The summed E-state index contributed by atoms with van der Waals surface area (Å²) in [5.41, 5.74) is 0. The Balaban J connectivity index is 2.53. The summed E-state index contributed by atoms with van der Waals surface area (Å²) in [6, 6.07) is 9.60. The molecule has 70 valence electrons. The van der Waals surface area contributed by atoms with Crippen LogP contribution in [-0.4, -0.2) is 16.0 Å². The van der Waals surface area contributed by atoms with Crippen molar-refractivity contribution in [3.63, 3.8) is 0 Å². The highest BCUT2D eigenvalue weighted by atomic mass is 32.2. The SMILES string of the molecule is C[C@H]1CCN=S1(=O)c1ccccc1. The van der Waals surface area contributed by atoms with E-state index < -0.39 is 9.73 Å². The molecule has 0 fully saturated rings. The molecular weight excluding hydrogens is 182 g/mol. The van der Waals surface area contributed by atoms with Crippen LogP contribution in [0, 0.1) is 0 Å². The first kappa shape index (κ1) is 8.75. The third-order valence-corrected chi connectivity index (χ3v) is 5.29. The zero-order valence-electron chi connectivity index (χ0n) is 7.64. The molecular formula is C10H13NOS. The molecule has 2 nitrogen and oxygen atoms in total. The molecule has 1 unspecified atom stereocenters. The minimum Gasteiger partial charge on any atom is -0.244 e. The van der Waals surface area contributed by atoms with E-state index in [9.17, 15) is 4.21 Å². The molecule has 0 spiro atoms. The first-order valence-corrected chi connectivity index (χ1v) is 6.08. The van der Waals surface area contributed by atoms with Gasteiger partial charge in [0.1, 0.15) is 0 Å². The largest absolute Gasteiger partial charge is 0.244 e. The van der Waals surface area contributed by atoms with Crippen molar-refractivity contribution in [1.82, 2.24) is 0 Å². The number of hydrogen-bond acceptors (Lipinski definition) is 2. The van der Waals surface area contributed by atoms with Crippen LogP contribution in [0.1, 0.15) is 13.3 Å². The lowest BCUT2D eigenvalue weighted by atomic mass is 10.3. The second-order valence-corrected chi connectivity index (χ2v) is 6.01. The van der Waals surface area contributed by atoms with Gasteiger partial charge in [0.15, 0.2) is 0 Å². The smallest absolute Gasteiger partial charge is 0.0779 e. The fourth-order valence-electron chi connectivity index (χ4n) is 1.58. The molecule has 0 aromatic heterocycles. The maximum Gasteiger partial charge on any atom is 0.0779 e. The lowest BCUT2D eigenvalue weighted by Crippen LogP contribution is -2.12. The summed E-state index contributed by atoms with van der Waals surface area (Å²) < 4.78 is 16.6. The minimum absolute atomic E-state index is 0.204. The Kier molecular flexibility index (Phi) is 2.12. The van der Waals surface area contributed by atoms with E-state index in [0.29, 0.717) is 0 Å². The monoisotopic (exact) mass is 195 g/mol. The van der Waals surface area contributed by atoms with Gasteiger partial charge in [-0.05, 0) is 25.5 Å². The van der Waals surface area contributed by atoms with Crippen molar-refractivity contribution in [3.05, 3.63) is 30.3 Å². The molecule has 0 saturated heterocycles. The van der Waals surface area contributed by atoms with Crippen LogP contribution in [0.15, 0.2) is 39.6 Å². The van der Waals surface area contributed by atoms with E-state index in [2.05, 4.69) is 4.36 Å². The summed E-state index contributed by atoms with van der Waals surface area (Å²) in [7, 11) is -2.09. The molecule has 1 aromatic carbocycles. The van der Waals surface area contributed by atoms with Gasteiger partial charge in [-0.1, -0.05) is 18.2 Å². The maximum atomic E-state index is 12.4. The Morgan fingerprint density at radius 1 is 1.38 bits per heavy atom. The van der Waals surface area contributed by atoms with Crippen molar-refractivity contribution in [2.45, 2.75) is 23.5 Å². The van der Waals surface area contributed by atoms with Gasteiger partial charge in [-0.15, -0.1) is 0 Å². The van der Waals surface area contributed by atoms with Crippen molar-refractivity contribution in [3.8, 4) is 0 Å². The molecule has 13 heavy (non-hydrogen) atoms. The van der Waals surface area contributed by atoms with Crippen LogP contribution in [0.25, 0.3) is 0 Å². The summed E-state index contributed by atoms with van der Waals surface area (Å²) in [5.74, 6) is 0. The predicted molar refractivity (Wildman–Crippen MR) is 54.2 cm³/mol. The van der Waals surface area contributed by atoms with Gasteiger partial charge in [0.05, 0.1) is 9.73 Å². The van der Waals surface area contributed by atoms with Crippen LogP contribution in [0.3, 0.4) is 0 Å². The van der Waals surface area contributed by atoms with Gasteiger partial charge in [-0.3, -0.25) is 0 Å². The van der Waals surface area contributed by atoms with Crippen LogP contribution in [0.2, 0.25) is 0 Å². The highest BCUT2D eigenvalue weighted by molar-refractivity contribution is 7.94. The van der Waals surface area contributed by atoms with Crippen molar-refractivity contribution in [2.24, 2.45) is 4.36 Å². The molecule has 0 N–H and O–H groups in total. The molecule has 0 bridgehead atoms. The summed E-state index contributed by atoms with van der Waals surface area (Å²) in [5, 5.41) is 0.204. The Bertz CT molecular complexity index is 404. The topological polar surface area (TPSA) is 29.4 Å². The Morgan fingerprint density at radius 2 is 2.08 bits per heavy atom. The van der Waals surface area contributed by atoms with Gasteiger partial charge in [0.2, 0.25) is 0 Å². The lowest BCUT2D eigenvalue weighted by molar-refractivity contribution is 0.670. The van der Waals surface area contributed by atoms with Crippen molar-refractivity contribution in [1.29, 1.82) is 0 Å². The maximum absolute atomic E-state index is 12.4. The number of nitrogens with zero attached hydrogens (tertiary/aromatic N) is 1. The van der Waals surface area contributed by atoms with Crippen molar-refractivity contribution in [2.75, 3.05) is 6.54 Å². The third kappa shape index (κ3) is 1.37. The summed E-state index contributed by atoms with van der Waals surface area (Å²) >= 11 is 0. The molecule has 1 heterocycles. The zero-order valence-corrected chi connectivity index (χ0v) is 8.46. The second kappa shape index (κ2) is 3.14. The van der Waals surface area contributed by atoms with E-state index in [0.717, 1.165) is 17.9 Å². The highest BCUT2D eigenvalue weighted by Gasteiger charge is 2.25. The predicted octanol–water partition coefficient (Wildman–Crippen LogP) is 2.31. The molecule has 0 aliphatic carbocycles. The van der Waals surface area contributed by atoms with Gasteiger partial charge in [-0.2, -0.15) is 0 Å². The van der Waals surface area contributed by atoms with Gasteiger partial charge in [-0.25, -0.2) is 8.57 Å². The van der Waals surface area contributed by atoms with Gasteiger partial charge >= 0.3 is 0 Å². The molecule has 0 amide bonds. The number of hydrogen-bond donors (Lipinski definition) is 0. The second-order valence-electron chi connectivity index (χ2n) is 3.33. The highest BCUT2D eigenvalue weighted by Crippen LogP contribution is 2.25. The van der Waals surface area contributed by atoms with E-state index in [1.165, 1.54) is 0 Å². The summed E-state index contributed by atoms with van der Waals surface area (Å²) in [4.78, 5) is 0.889. The van der Waals surface area contributed by atoms with Crippen LogP contribution < -0.4 is 0 Å². The fourth-order valence-corrected chi connectivity index (χ4v) is 3.80. The standard InChI is InChI=1S/C10H13NOS/c1-9-7-8-11-13(9,12)10-5-3-2-4-6-10/h2-6,9H,7-8H2,1H3/t9-,13?/m0/s1. The van der Waals surface area contributed by atoms with E-state index in [4.69, 9.17) is 0 Å². The summed E-state index contributed by atoms with van der Waals surface area (Å²) in [6.45, 7) is 2.76. The Labute approximate surface area is 79.2 Å².